The molecule has 0 bridgehead atoms. The van der Waals surface area contributed by atoms with Gasteiger partial charge in [-0.25, -0.2) is 4.79 Å². The summed E-state index contributed by atoms with van der Waals surface area (Å²) >= 11 is 3.50. The third kappa shape index (κ3) is 4.99. The number of methoxy groups -OCH3 is 1. The van der Waals surface area contributed by atoms with Crippen LogP contribution in [-0.2, 0) is 23.9 Å². The lowest BCUT2D eigenvalue weighted by molar-refractivity contribution is -0.169. The van der Waals surface area contributed by atoms with Crippen LogP contribution in [-0.4, -0.2) is 49.3 Å². The predicted molar refractivity (Wildman–Crippen MR) is 114 cm³/mol. The van der Waals surface area contributed by atoms with E-state index in [0.29, 0.717) is 11.3 Å². The molecule has 1 unspecified atom stereocenters. The van der Waals surface area contributed by atoms with Crippen LogP contribution in [0.1, 0.15) is 32.3 Å². The van der Waals surface area contributed by atoms with Crippen molar-refractivity contribution in [1.82, 2.24) is 0 Å². The fraction of sp³-hybridized carbons (Fsp3) is 0.409. The second-order valence-corrected chi connectivity index (χ2v) is 7.41. The Labute approximate surface area is 183 Å². The molecule has 2 rings (SSSR count). The summed E-state index contributed by atoms with van der Waals surface area (Å²) in [6.07, 6.45) is -1.93. The van der Waals surface area contributed by atoms with Gasteiger partial charge in [0.2, 0.25) is 0 Å². The summed E-state index contributed by atoms with van der Waals surface area (Å²) in [7, 11) is 1.57. The third-order valence-electron chi connectivity index (χ3n) is 4.78. The van der Waals surface area contributed by atoms with Gasteiger partial charge in [-0.05, 0) is 52.2 Å². The summed E-state index contributed by atoms with van der Waals surface area (Å²) in [6, 6.07) is 9.07. The van der Waals surface area contributed by atoms with Gasteiger partial charge in [-0.2, -0.15) is 0 Å². The Bertz CT molecular complexity index is 940. The van der Waals surface area contributed by atoms with Crippen LogP contribution in [0.15, 0.2) is 34.8 Å². The highest BCUT2D eigenvalue weighted by Crippen LogP contribution is 2.35. The van der Waals surface area contributed by atoms with Crippen molar-refractivity contribution >= 4 is 44.4 Å². The largest absolute Gasteiger partial charge is 0.496 e. The van der Waals surface area contributed by atoms with Crippen LogP contribution in [0.5, 0.6) is 5.75 Å². The maximum absolute atomic E-state index is 13.1. The average molecular weight is 481 g/mol. The third-order valence-corrected chi connectivity index (χ3v) is 5.60. The number of carbonyl (C=O) groups is 3. The molecule has 0 spiro atoms. The van der Waals surface area contributed by atoms with Crippen molar-refractivity contribution in [3.8, 4) is 5.75 Å². The maximum Gasteiger partial charge on any atom is 0.336 e. The van der Waals surface area contributed by atoms with Crippen LogP contribution in [0.4, 0.5) is 0 Å². The molecule has 2 aromatic carbocycles. The zero-order chi connectivity index (χ0) is 22.4. The molecule has 7 nitrogen and oxygen atoms in total. The number of halogens is 1. The predicted octanol–water partition coefficient (Wildman–Crippen LogP) is 3.39. The van der Waals surface area contributed by atoms with Gasteiger partial charge < -0.3 is 19.3 Å². The van der Waals surface area contributed by atoms with Gasteiger partial charge in [0.05, 0.1) is 24.8 Å². The number of carbonyl (C=O) groups excluding carboxylic acids is 3. The van der Waals surface area contributed by atoms with E-state index in [2.05, 4.69) is 15.9 Å². The number of aliphatic hydroxyl groups is 1. The first kappa shape index (κ1) is 23.8. The Kier molecular flexibility index (Phi) is 8.37. The van der Waals surface area contributed by atoms with Crippen LogP contribution < -0.4 is 4.74 Å². The Hall–Kier alpha value is -2.45. The summed E-state index contributed by atoms with van der Waals surface area (Å²) in [5.41, 5.74) is 0.634. The van der Waals surface area contributed by atoms with Crippen molar-refractivity contribution in [2.75, 3.05) is 20.3 Å². The number of benzene rings is 2. The van der Waals surface area contributed by atoms with Gasteiger partial charge in [0.15, 0.2) is 17.8 Å². The van der Waals surface area contributed by atoms with Gasteiger partial charge in [-0.15, -0.1) is 0 Å². The van der Waals surface area contributed by atoms with E-state index >= 15 is 0 Å². The molecule has 0 aliphatic carbocycles. The number of ketones is 1. The van der Waals surface area contributed by atoms with Crippen molar-refractivity contribution < 1.29 is 33.7 Å². The van der Waals surface area contributed by atoms with Gasteiger partial charge in [-0.3, -0.25) is 9.59 Å². The SMILES string of the molecule is CCOC(=O)[C@@H](C(=O)C(C)c1ccc2c(Br)c(OC)ccc2c1)[C@@H](O)C(=O)OCC. The quantitative estimate of drug-likeness (QED) is 0.433. The lowest BCUT2D eigenvalue weighted by atomic mass is 9.85. The monoisotopic (exact) mass is 480 g/mol. The van der Waals surface area contributed by atoms with Gasteiger partial charge in [0.25, 0.3) is 0 Å². The summed E-state index contributed by atoms with van der Waals surface area (Å²) in [6.45, 7) is 4.79. The molecule has 1 N–H and O–H groups in total. The minimum atomic E-state index is -1.93. The summed E-state index contributed by atoms with van der Waals surface area (Å²) in [4.78, 5) is 37.5. The van der Waals surface area contributed by atoms with E-state index < -0.39 is 35.7 Å². The van der Waals surface area contributed by atoms with E-state index in [4.69, 9.17) is 14.2 Å². The van der Waals surface area contributed by atoms with Crippen molar-refractivity contribution in [1.29, 1.82) is 0 Å². The van der Waals surface area contributed by atoms with E-state index in [0.717, 1.165) is 15.2 Å². The number of hydrogen-bond donors (Lipinski definition) is 1. The number of fused-ring (bicyclic) bond motifs is 1. The van der Waals surface area contributed by atoms with Crippen LogP contribution >= 0.6 is 15.9 Å². The van der Waals surface area contributed by atoms with Gasteiger partial charge in [0.1, 0.15) is 5.75 Å². The Morgan fingerprint density at radius 3 is 2.27 bits per heavy atom. The second-order valence-electron chi connectivity index (χ2n) is 6.61. The fourth-order valence-electron chi connectivity index (χ4n) is 3.15. The molecule has 2 aromatic rings. The lowest BCUT2D eigenvalue weighted by Gasteiger charge is -2.22. The van der Waals surface area contributed by atoms with Crippen molar-refractivity contribution in [3.05, 3.63) is 40.4 Å². The van der Waals surface area contributed by atoms with E-state index in [1.54, 1.807) is 40.0 Å². The summed E-state index contributed by atoms with van der Waals surface area (Å²) < 4.78 is 15.8. The molecular formula is C22H25BrO7. The molecule has 0 amide bonds. The highest BCUT2D eigenvalue weighted by Gasteiger charge is 2.42. The highest BCUT2D eigenvalue weighted by molar-refractivity contribution is 9.10. The van der Waals surface area contributed by atoms with Gasteiger partial charge >= 0.3 is 11.9 Å². The number of ether oxygens (including phenoxy) is 3. The first-order chi connectivity index (χ1) is 14.3. The lowest BCUT2D eigenvalue weighted by Crippen LogP contribution is -2.43. The molecule has 0 saturated carbocycles. The smallest absolute Gasteiger partial charge is 0.336 e. The molecule has 8 heteroatoms. The van der Waals surface area contributed by atoms with Crippen LogP contribution in [0.25, 0.3) is 10.8 Å². The van der Waals surface area contributed by atoms with Crippen LogP contribution in [0, 0.1) is 5.92 Å². The topological polar surface area (TPSA) is 99.1 Å². The molecule has 0 radical (unpaired) electrons. The summed E-state index contributed by atoms with van der Waals surface area (Å²) in [5, 5.41) is 12.1. The molecular weight excluding hydrogens is 456 g/mol. The van der Waals surface area contributed by atoms with Crippen molar-refractivity contribution in [3.63, 3.8) is 0 Å². The van der Waals surface area contributed by atoms with E-state index in [-0.39, 0.29) is 13.2 Å². The van der Waals surface area contributed by atoms with Gasteiger partial charge in [-0.1, -0.05) is 31.2 Å². The molecule has 0 saturated heterocycles. The Morgan fingerprint density at radius 1 is 1.03 bits per heavy atom. The van der Waals surface area contributed by atoms with Crippen LogP contribution in [0.2, 0.25) is 0 Å². The van der Waals surface area contributed by atoms with E-state index in [1.165, 1.54) is 0 Å². The molecule has 30 heavy (non-hydrogen) atoms. The zero-order valence-electron chi connectivity index (χ0n) is 17.3. The highest BCUT2D eigenvalue weighted by atomic mass is 79.9. The number of hydrogen-bond acceptors (Lipinski definition) is 7. The standard InChI is InChI=1S/C22H25BrO7/c1-5-29-21(26)17(20(25)22(27)30-6-2)19(24)12(3)13-7-9-15-14(11-13)8-10-16(28-4)18(15)23/h7-12,17,20,25H,5-6H2,1-4H3/t12?,17-,20+/m0/s1. The van der Waals surface area contributed by atoms with Crippen LogP contribution in [0.3, 0.4) is 0 Å². The first-order valence-corrected chi connectivity index (χ1v) is 10.4. The molecule has 0 aliphatic rings. The summed E-state index contributed by atoms with van der Waals surface area (Å²) in [5.74, 6) is -4.37. The maximum atomic E-state index is 13.1. The number of esters is 2. The fourth-order valence-corrected chi connectivity index (χ4v) is 3.80. The second kappa shape index (κ2) is 10.5. The zero-order valence-corrected chi connectivity index (χ0v) is 18.9. The minimum absolute atomic E-state index is 0.0121. The van der Waals surface area contributed by atoms with E-state index in [9.17, 15) is 19.5 Å². The molecule has 162 valence electrons. The Balaban J connectivity index is 2.39. The molecule has 0 heterocycles. The average Bonchev–Trinajstić information content (AvgIpc) is 2.73. The normalized spacial score (nSPS) is 13.9. The first-order valence-electron chi connectivity index (χ1n) is 9.57. The van der Waals surface area contributed by atoms with E-state index in [1.807, 2.05) is 18.2 Å². The molecule has 0 fully saturated rings. The molecule has 3 atom stereocenters. The molecule has 0 aromatic heterocycles. The van der Waals surface area contributed by atoms with Crippen molar-refractivity contribution in [2.45, 2.75) is 32.8 Å². The van der Waals surface area contributed by atoms with Gasteiger partial charge in [0, 0.05) is 5.92 Å². The number of Topliss-reactive ketones (excluding diaryl/α,β-unsaturated/α-hetero) is 1. The minimum Gasteiger partial charge on any atom is -0.496 e. The van der Waals surface area contributed by atoms with Crippen molar-refractivity contribution in [2.24, 2.45) is 5.92 Å². The molecule has 0 aliphatic heterocycles. The number of rotatable bonds is 9. The Morgan fingerprint density at radius 2 is 1.67 bits per heavy atom. The number of aliphatic hydroxyl groups excluding tert-OH is 1.